The van der Waals surface area contributed by atoms with E-state index in [-0.39, 0.29) is 17.4 Å². The smallest absolute Gasteiger partial charge is 0.335 e. The third-order valence-corrected chi connectivity index (χ3v) is 4.56. The Bertz CT molecular complexity index is 769. The van der Waals surface area contributed by atoms with Gasteiger partial charge < -0.3 is 10.4 Å². The molecular weight excluding hydrogens is 266 g/mol. The van der Waals surface area contributed by atoms with Crippen molar-refractivity contribution in [2.45, 2.75) is 17.8 Å². The van der Waals surface area contributed by atoms with E-state index in [9.17, 15) is 9.59 Å². The van der Waals surface area contributed by atoms with Crippen LogP contribution in [0, 0.1) is 0 Å². The number of anilines is 1. The molecule has 0 bridgehead atoms. The zero-order valence-corrected chi connectivity index (χ0v) is 11.2. The van der Waals surface area contributed by atoms with E-state index in [1.807, 2.05) is 30.3 Å². The summed E-state index contributed by atoms with van der Waals surface area (Å²) in [6.45, 7) is 0. The van der Waals surface area contributed by atoms with Crippen LogP contribution in [0.15, 0.2) is 48.5 Å². The lowest BCUT2D eigenvalue weighted by molar-refractivity contribution is -0.118. The molecule has 0 aromatic heterocycles. The van der Waals surface area contributed by atoms with Gasteiger partial charge in [0.2, 0.25) is 5.91 Å². The Morgan fingerprint density at radius 2 is 1.95 bits per heavy atom. The van der Waals surface area contributed by atoms with Crippen molar-refractivity contribution in [1.29, 1.82) is 0 Å². The first-order chi connectivity index (χ1) is 10.1. The van der Waals surface area contributed by atoms with Crippen LogP contribution in [0.1, 0.15) is 33.8 Å². The van der Waals surface area contributed by atoms with E-state index in [1.54, 1.807) is 12.1 Å². The van der Waals surface area contributed by atoms with Crippen molar-refractivity contribution in [3.05, 3.63) is 65.2 Å². The zero-order chi connectivity index (χ0) is 14.6. The largest absolute Gasteiger partial charge is 0.478 e. The maximum absolute atomic E-state index is 12.4. The van der Waals surface area contributed by atoms with Gasteiger partial charge in [-0.25, -0.2) is 4.79 Å². The molecule has 104 valence electrons. The fourth-order valence-electron chi connectivity index (χ4n) is 3.41. The lowest BCUT2D eigenvalue weighted by atomic mass is 9.91. The Balaban J connectivity index is 1.81. The molecule has 2 atom stereocenters. The predicted molar refractivity (Wildman–Crippen MR) is 77.5 cm³/mol. The number of aromatic carboxylic acids is 1. The summed E-state index contributed by atoms with van der Waals surface area (Å²) in [6.07, 6.45) is 0.735. The number of carbonyl (C=O) groups is 2. The number of benzene rings is 2. The molecule has 0 saturated heterocycles. The van der Waals surface area contributed by atoms with Crippen molar-refractivity contribution in [3.8, 4) is 0 Å². The summed E-state index contributed by atoms with van der Waals surface area (Å²) in [5.41, 5.74) is 2.33. The van der Waals surface area contributed by atoms with Gasteiger partial charge in [-0.15, -0.1) is 0 Å². The number of carboxylic acid groups (broad SMARTS) is 1. The molecule has 1 aliphatic heterocycles. The van der Waals surface area contributed by atoms with Gasteiger partial charge in [0, 0.05) is 11.6 Å². The quantitative estimate of drug-likeness (QED) is 0.888. The van der Waals surface area contributed by atoms with E-state index in [1.165, 1.54) is 6.07 Å². The van der Waals surface area contributed by atoms with Crippen molar-refractivity contribution in [2.75, 3.05) is 5.32 Å². The van der Waals surface area contributed by atoms with E-state index in [0.717, 1.165) is 23.2 Å². The topological polar surface area (TPSA) is 66.4 Å². The van der Waals surface area contributed by atoms with Gasteiger partial charge in [-0.3, -0.25) is 4.79 Å². The van der Waals surface area contributed by atoms with E-state index >= 15 is 0 Å². The number of rotatable bonds is 2. The van der Waals surface area contributed by atoms with Crippen LogP contribution in [0.4, 0.5) is 5.69 Å². The molecule has 2 aliphatic rings. The molecular formula is C17H13NO3. The van der Waals surface area contributed by atoms with Crippen LogP contribution in [0.5, 0.6) is 0 Å². The Morgan fingerprint density at radius 3 is 2.67 bits per heavy atom. The average molecular weight is 279 g/mol. The summed E-state index contributed by atoms with van der Waals surface area (Å²) < 4.78 is 0. The lowest BCUT2D eigenvalue weighted by Gasteiger charge is -2.09. The summed E-state index contributed by atoms with van der Waals surface area (Å²) >= 11 is 0. The van der Waals surface area contributed by atoms with Gasteiger partial charge in [-0.2, -0.15) is 0 Å². The lowest BCUT2D eigenvalue weighted by Crippen LogP contribution is -2.21. The summed E-state index contributed by atoms with van der Waals surface area (Å²) in [5, 5.41) is 12.0. The monoisotopic (exact) mass is 279 g/mol. The molecule has 21 heavy (non-hydrogen) atoms. The predicted octanol–water partition coefficient (Wildman–Crippen LogP) is 2.76. The summed E-state index contributed by atoms with van der Waals surface area (Å²) in [6, 6.07) is 14.8. The maximum atomic E-state index is 12.4. The van der Waals surface area contributed by atoms with Crippen LogP contribution in [-0.2, 0) is 10.2 Å². The zero-order valence-electron chi connectivity index (χ0n) is 11.2. The van der Waals surface area contributed by atoms with Crippen molar-refractivity contribution >= 4 is 17.6 Å². The summed E-state index contributed by atoms with van der Waals surface area (Å²) in [7, 11) is 0. The molecule has 4 heteroatoms. The van der Waals surface area contributed by atoms with Crippen LogP contribution in [0.3, 0.4) is 0 Å². The Kier molecular flexibility index (Phi) is 2.28. The van der Waals surface area contributed by atoms with Crippen LogP contribution in [-0.4, -0.2) is 17.0 Å². The third kappa shape index (κ3) is 1.56. The van der Waals surface area contributed by atoms with E-state index in [4.69, 9.17) is 5.11 Å². The van der Waals surface area contributed by atoms with Crippen LogP contribution in [0.2, 0.25) is 0 Å². The first-order valence-corrected chi connectivity index (χ1v) is 6.87. The molecule has 1 aliphatic carbocycles. The second-order valence-corrected chi connectivity index (χ2v) is 5.66. The molecule has 1 fully saturated rings. The minimum absolute atomic E-state index is 0.0195. The van der Waals surface area contributed by atoms with Gasteiger partial charge in [0.25, 0.3) is 0 Å². The molecule has 1 saturated carbocycles. The molecule has 4 rings (SSSR count). The normalized spacial score (nSPS) is 25.5. The van der Waals surface area contributed by atoms with Gasteiger partial charge in [0.1, 0.15) is 0 Å². The van der Waals surface area contributed by atoms with Crippen molar-refractivity contribution in [3.63, 3.8) is 0 Å². The fourth-order valence-corrected chi connectivity index (χ4v) is 3.41. The van der Waals surface area contributed by atoms with Crippen molar-refractivity contribution < 1.29 is 14.7 Å². The third-order valence-electron chi connectivity index (χ3n) is 4.56. The highest BCUT2D eigenvalue weighted by atomic mass is 16.4. The van der Waals surface area contributed by atoms with Gasteiger partial charge in [-0.1, -0.05) is 30.3 Å². The molecule has 1 heterocycles. The highest BCUT2D eigenvalue weighted by Crippen LogP contribution is 2.64. The second-order valence-electron chi connectivity index (χ2n) is 5.66. The summed E-state index contributed by atoms with van der Waals surface area (Å²) in [5.74, 6) is -0.859. The Morgan fingerprint density at radius 1 is 1.19 bits per heavy atom. The number of hydrogen-bond acceptors (Lipinski definition) is 2. The number of hydrogen-bond donors (Lipinski definition) is 2. The fraction of sp³-hybridized carbons (Fsp3) is 0.176. The van der Waals surface area contributed by atoms with Crippen molar-refractivity contribution in [1.82, 2.24) is 0 Å². The second kappa shape index (κ2) is 3.95. The van der Waals surface area contributed by atoms with Crippen LogP contribution < -0.4 is 5.32 Å². The van der Waals surface area contributed by atoms with E-state index < -0.39 is 11.4 Å². The maximum Gasteiger partial charge on any atom is 0.335 e. The highest BCUT2D eigenvalue weighted by molar-refractivity contribution is 6.10. The number of carboxylic acids is 1. The molecule has 2 aromatic carbocycles. The SMILES string of the molecule is O=C(O)c1ccc2c(c1)C1(CC1c1ccccc1)C(=O)N2. The van der Waals surface area contributed by atoms with Gasteiger partial charge >= 0.3 is 5.97 Å². The highest BCUT2D eigenvalue weighted by Gasteiger charge is 2.65. The first-order valence-electron chi connectivity index (χ1n) is 6.87. The first kappa shape index (κ1) is 12.1. The van der Waals surface area contributed by atoms with Crippen molar-refractivity contribution in [2.24, 2.45) is 0 Å². The molecule has 0 radical (unpaired) electrons. The Labute approximate surface area is 121 Å². The summed E-state index contributed by atoms with van der Waals surface area (Å²) in [4.78, 5) is 23.6. The molecule has 1 amide bonds. The number of nitrogens with one attached hydrogen (secondary N) is 1. The molecule has 1 spiro atoms. The molecule has 2 N–H and O–H groups in total. The number of amides is 1. The van der Waals surface area contributed by atoms with Crippen LogP contribution >= 0.6 is 0 Å². The average Bonchev–Trinajstić information content (AvgIpc) is 3.18. The van der Waals surface area contributed by atoms with Crippen LogP contribution in [0.25, 0.3) is 0 Å². The number of fused-ring (bicyclic) bond motifs is 2. The van der Waals surface area contributed by atoms with Gasteiger partial charge in [0.05, 0.1) is 11.0 Å². The standard InChI is InChI=1S/C17H13NO3/c19-15(20)11-6-7-14-12(8-11)17(16(21)18-14)9-13(17)10-4-2-1-3-5-10/h1-8,13H,9H2,(H,18,21)(H,19,20). The minimum atomic E-state index is -0.968. The molecule has 2 unspecified atom stereocenters. The molecule has 2 aromatic rings. The van der Waals surface area contributed by atoms with Gasteiger partial charge in [0.15, 0.2) is 0 Å². The Hall–Kier alpha value is -2.62. The molecule has 4 nitrogen and oxygen atoms in total. The van der Waals surface area contributed by atoms with E-state index in [0.29, 0.717) is 0 Å². The van der Waals surface area contributed by atoms with E-state index in [2.05, 4.69) is 5.32 Å². The van der Waals surface area contributed by atoms with Gasteiger partial charge in [-0.05, 0) is 35.7 Å². The minimum Gasteiger partial charge on any atom is -0.478 e. The number of carbonyl (C=O) groups excluding carboxylic acids is 1.